The first kappa shape index (κ1) is 35.0. The Labute approximate surface area is 254 Å². The smallest absolute Gasteiger partial charge is 0.414 e. The van der Waals surface area contributed by atoms with E-state index in [9.17, 15) is 9.59 Å². The van der Waals surface area contributed by atoms with Gasteiger partial charge in [0.05, 0.1) is 38.6 Å². The van der Waals surface area contributed by atoms with Crippen LogP contribution in [0.2, 0.25) is 5.02 Å². The van der Waals surface area contributed by atoms with Gasteiger partial charge in [-0.1, -0.05) is 18.0 Å². The van der Waals surface area contributed by atoms with Crippen molar-refractivity contribution in [2.75, 3.05) is 53.3 Å². The number of rotatable bonds is 9. The number of carbonyl (C=O) groups excluding carboxylic acids is 1. The number of nitrogen functional groups attached to an aromatic ring is 1. The Bertz CT molecular complexity index is 1270. The Balaban J connectivity index is 0.000000272. The van der Waals surface area contributed by atoms with Crippen LogP contribution in [-0.4, -0.2) is 91.5 Å². The number of ketones is 1. The predicted octanol–water partition coefficient (Wildman–Crippen LogP) is 3.87. The maximum atomic E-state index is 12.5. The van der Waals surface area contributed by atoms with Crippen LogP contribution in [0, 0.1) is 0 Å². The van der Waals surface area contributed by atoms with Gasteiger partial charge in [-0.2, -0.15) is 0 Å². The Hall–Kier alpha value is -4.23. The first-order chi connectivity index (χ1) is 20.4. The van der Waals surface area contributed by atoms with E-state index in [0.717, 1.165) is 13.0 Å². The van der Waals surface area contributed by atoms with Crippen LogP contribution in [0.5, 0.6) is 23.0 Å². The fraction of sp³-hybridized carbons (Fsp3) is 0.448. The summed E-state index contributed by atoms with van der Waals surface area (Å²) in [6.45, 7) is 3.78. The molecule has 0 bridgehead atoms. The fourth-order valence-electron chi connectivity index (χ4n) is 4.56. The summed E-state index contributed by atoms with van der Waals surface area (Å²) in [6.07, 6.45) is 5.93. The van der Waals surface area contributed by atoms with Gasteiger partial charge in [-0.25, -0.2) is 14.4 Å². The second kappa shape index (κ2) is 17.0. The number of fused-ring (bicyclic) bond motifs is 1. The quantitative estimate of drug-likeness (QED) is 0.178. The van der Waals surface area contributed by atoms with E-state index in [1.165, 1.54) is 38.4 Å². The molecule has 43 heavy (non-hydrogen) atoms. The largest absolute Gasteiger partial charge is 0.493 e. The van der Waals surface area contributed by atoms with Crippen LogP contribution >= 0.6 is 11.6 Å². The summed E-state index contributed by atoms with van der Waals surface area (Å²) in [5, 5.41) is 23.9. The third-order valence-corrected chi connectivity index (χ3v) is 7.01. The van der Waals surface area contributed by atoms with Crippen LogP contribution in [-0.2, 0) is 16.0 Å². The minimum absolute atomic E-state index is 0.0803. The summed E-state index contributed by atoms with van der Waals surface area (Å²) in [4.78, 5) is 43.9. The molecule has 4 rings (SSSR count). The summed E-state index contributed by atoms with van der Waals surface area (Å²) in [6, 6.07) is 4.78. The van der Waals surface area contributed by atoms with Crippen molar-refractivity contribution in [3.05, 3.63) is 39.9 Å². The number of Topliss-reactive ketones (excluding diaryl/α,β-unsaturated/α-hetero) is 1. The number of methoxy groups -OCH3 is 3. The molecule has 5 N–H and O–H groups in total. The van der Waals surface area contributed by atoms with Crippen LogP contribution in [0.25, 0.3) is 0 Å². The van der Waals surface area contributed by atoms with Crippen LogP contribution in [0.4, 0.5) is 5.69 Å². The van der Waals surface area contributed by atoms with Crippen LogP contribution in [0.15, 0.2) is 18.2 Å². The molecule has 2 heterocycles. The van der Waals surface area contributed by atoms with Crippen molar-refractivity contribution in [2.45, 2.75) is 38.5 Å². The molecule has 236 valence electrons. The number of nitrogens with zero attached hydrogens (tertiary/aromatic N) is 1. The van der Waals surface area contributed by atoms with Gasteiger partial charge in [0.2, 0.25) is 5.75 Å². The molecular weight excluding hydrogens is 588 g/mol. The Kier molecular flexibility index (Phi) is 13.8. The number of aliphatic carboxylic acids is 2. The number of aromatic carboxylic acids is 1. The molecule has 2 aromatic rings. The Morgan fingerprint density at radius 3 is 2.00 bits per heavy atom. The normalized spacial score (nSPS) is 13.6. The molecule has 2 aliphatic rings. The molecular formula is C29H37ClN2O11. The molecule has 13 nitrogen and oxygen atoms in total. The lowest BCUT2D eigenvalue weighted by Crippen LogP contribution is -2.30. The van der Waals surface area contributed by atoms with Crippen molar-refractivity contribution >= 4 is 41.0 Å². The lowest BCUT2D eigenvalue weighted by atomic mass is 10.0. The molecule has 0 saturated carbocycles. The first-order valence-electron chi connectivity index (χ1n) is 13.4. The highest BCUT2D eigenvalue weighted by molar-refractivity contribution is 6.33. The second-order valence-electron chi connectivity index (χ2n) is 9.48. The zero-order valence-electron chi connectivity index (χ0n) is 24.3. The van der Waals surface area contributed by atoms with Gasteiger partial charge in [0.1, 0.15) is 11.3 Å². The second-order valence-corrected chi connectivity index (χ2v) is 9.89. The highest BCUT2D eigenvalue weighted by Gasteiger charge is 2.25. The highest BCUT2D eigenvalue weighted by Crippen LogP contribution is 2.39. The topological polar surface area (TPSA) is 195 Å². The van der Waals surface area contributed by atoms with Gasteiger partial charge in [-0.05, 0) is 57.1 Å². The zero-order valence-corrected chi connectivity index (χ0v) is 25.1. The fourth-order valence-corrected chi connectivity index (χ4v) is 4.78. The Morgan fingerprint density at radius 1 is 0.930 bits per heavy atom. The average molecular weight is 625 g/mol. The molecule has 14 heteroatoms. The van der Waals surface area contributed by atoms with E-state index < -0.39 is 17.9 Å². The molecule has 0 aliphatic carbocycles. The number of anilines is 1. The number of ether oxygens (including phenoxy) is 4. The summed E-state index contributed by atoms with van der Waals surface area (Å²) in [5.74, 6) is -2.67. The van der Waals surface area contributed by atoms with E-state index in [4.69, 9.17) is 61.2 Å². The number of carboxylic acids is 3. The van der Waals surface area contributed by atoms with Crippen molar-refractivity contribution in [2.24, 2.45) is 0 Å². The molecule has 0 radical (unpaired) electrons. The molecule has 0 atom stereocenters. The molecule has 0 unspecified atom stereocenters. The summed E-state index contributed by atoms with van der Waals surface area (Å²) in [7, 11) is 4.67. The minimum Gasteiger partial charge on any atom is -0.493 e. The number of hydrogen-bond donors (Lipinski definition) is 4. The standard InChI is InChI=1S/C18H27NO4.C9H8ClNO3.C2H2O4/c1-21-16-12-14(13-17(22-2)18(16)23-3)15(20)8-7-11-19-9-5-4-6-10-19;10-6-3-5(9(12)13)8-4(7(6)11)1-2-14-8;3-1(4)2(5)6/h12-13H,4-11H2,1-3H3;3H,1-2,11H2,(H,12,13);(H,3,4)(H,5,6). The average Bonchev–Trinajstić information content (AvgIpc) is 3.49. The maximum absolute atomic E-state index is 12.5. The molecule has 0 amide bonds. The molecule has 2 aliphatic heterocycles. The van der Waals surface area contributed by atoms with Crippen LogP contribution < -0.4 is 24.7 Å². The minimum atomic E-state index is -1.82. The molecule has 2 aromatic carbocycles. The molecule has 1 saturated heterocycles. The molecule has 0 aromatic heterocycles. The number of halogens is 1. The third kappa shape index (κ3) is 9.93. The van der Waals surface area contributed by atoms with Crippen molar-refractivity contribution < 1.29 is 53.4 Å². The van der Waals surface area contributed by atoms with Gasteiger partial charge in [-0.15, -0.1) is 0 Å². The van der Waals surface area contributed by atoms with E-state index in [2.05, 4.69) is 4.90 Å². The predicted molar refractivity (Wildman–Crippen MR) is 157 cm³/mol. The summed E-state index contributed by atoms with van der Waals surface area (Å²) >= 11 is 5.80. The number of nitrogens with two attached hydrogens (primary N) is 1. The van der Waals surface area contributed by atoms with Gasteiger partial charge >= 0.3 is 17.9 Å². The van der Waals surface area contributed by atoms with Gasteiger partial charge < -0.3 is 44.9 Å². The zero-order chi connectivity index (χ0) is 32.1. The van der Waals surface area contributed by atoms with E-state index in [1.54, 1.807) is 33.5 Å². The summed E-state index contributed by atoms with van der Waals surface area (Å²) in [5.41, 5.74) is 7.51. The number of carbonyl (C=O) groups is 4. The van der Waals surface area contributed by atoms with Crippen molar-refractivity contribution in [1.82, 2.24) is 4.90 Å². The molecule has 1 fully saturated rings. The molecule has 0 spiro atoms. The van der Waals surface area contributed by atoms with Crippen LogP contribution in [0.3, 0.4) is 0 Å². The van der Waals surface area contributed by atoms with E-state index >= 15 is 0 Å². The maximum Gasteiger partial charge on any atom is 0.414 e. The van der Waals surface area contributed by atoms with Gasteiger partial charge in [-0.3, -0.25) is 4.79 Å². The van der Waals surface area contributed by atoms with Gasteiger partial charge in [0, 0.05) is 24.0 Å². The monoisotopic (exact) mass is 624 g/mol. The number of carboxylic acid groups (broad SMARTS) is 3. The van der Waals surface area contributed by atoms with Crippen molar-refractivity contribution in [3.63, 3.8) is 0 Å². The van der Waals surface area contributed by atoms with Crippen molar-refractivity contribution in [3.8, 4) is 23.0 Å². The van der Waals surface area contributed by atoms with E-state index in [0.29, 0.717) is 59.3 Å². The van der Waals surface area contributed by atoms with Crippen molar-refractivity contribution in [1.29, 1.82) is 0 Å². The number of likely N-dealkylation sites (tertiary alicyclic amines) is 1. The SMILES string of the molecule is COc1cc(C(=O)CCCN2CCCCC2)cc(OC)c1OC.Nc1c(Cl)cc(C(=O)O)c2c1CCO2.O=C(O)C(=O)O. The third-order valence-electron chi connectivity index (χ3n) is 6.70. The first-order valence-corrected chi connectivity index (χ1v) is 13.8. The number of piperidine rings is 1. The Morgan fingerprint density at radius 2 is 1.51 bits per heavy atom. The lowest BCUT2D eigenvalue weighted by Gasteiger charge is -2.26. The lowest BCUT2D eigenvalue weighted by molar-refractivity contribution is -0.159. The van der Waals surface area contributed by atoms with Gasteiger partial charge in [0.15, 0.2) is 17.3 Å². The van der Waals surface area contributed by atoms with E-state index in [1.807, 2.05) is 0 Å². The number of benzene rings is 2. The highest BCUT2D eigenvalue weighted by atomic mass is 35.5. The van der Waals surface area contributed by atoms with Crippen LogP contribution in [0.1, 0.15) is 58.4 Å². The summed E-state index contributed by atoms with van der Waals surface area (Å²) < 4.78 is 21.1. The van der Waals surface area contributed by atoms with E-state index in [-0.39, 0.29) is 16.4 Å². The van der Waals surface area contributed by atoms with Gasteiger partial charge in [0.25, 0.3) is 0 Å². The number of hydrogen-bond acceptors (Lipinski definition) is 10.